The van der Waals surface area contributed by atoms with Crippen molar-refractivity contribution in [2.24, 2.45) is 5.73 Å². The van der Waals surface area contributed by atoms with Gasteiger partial charge < -0.3 is 5.73 Å². The summed E-state index contributed by atoms with van der Waals surface area (Å²) in [5.41, 5.74) is 8.61. The van der Waals surface area contributed by atoms with E-state index in [2.05, 4.69) is 16.0 Å². The standard InChI is InChI=1S/C14H17N3/c15-14(10-13-2-1-7-17-11-13)4-3-12-5-8-16-9-6-12/h1-2,5-9,11,14H,3-4,10,15H2. The molecule has 2 N–H and O–H groups in total. The SMILES string of the molecule is NC(CCc1ccncc1)Cc1cccnc1. The van der Waals surface area contributed by atoms with Gasteiger partial charge in [0.2, 0.25) is 0 Å². The van der Waals surface area contributed by atoms with Crippen molar-refractivity contribution in [1.29, 1.82) is 0 Å². The molecule has 17 heavy (non-hydrogen) atoms. The summed E-state index contributed by atoms with van der Waals surface area (Å²) in [7, 11) is 0. The van der Waals surface area contributed by atoms with E-state index in [1.54, 1.807) is 6.20 Å². The summed E-state index contributed by atoms with van der Waals surface area (Å²) in [4.78, 5) is 8.09. The van der Waals surface area contributed by atoms with Crippen LogP contribution in [0.3, 0.4) is 0 Å². The van der Waals surface area contributed by atoms with E-state index in [9.17, 15) is 0 Å². The van der Waals surface area contributed by atoms with Crippen LogP contribution in [0.2, 0.25) is 0 Å². The van der Waals surface area contributed by atoms with Gasteiger partial charge in [-0.05, 0) is 48.6 Å². The lowest BCUT2D eigenvalue weighted by atomic mass is 10.0. The molecule has 0 aliphatic heterocycles. The van der Waals surface area contributed by atoms with Gasteiger partial charge in [-0.25, -0.2) is 0 Å². The molecule has 0 aliphatic carbocycles. The normalized spacial score (nSPS) is 12.3. The quantitative estimate of drug-likeness (QED) is 0.849. The summed E-state index contributed by atoms with van der Waals surface area (Å²) in [6, 6.07) is 8.28. The Bertz CT molecular complexity index is 428. The van der Waals surface area contributed by atoms with Crippen LogP contribution >= 0.6 is 0 Å². The molecule has 0 radical (unpaired) electrons. The van der Waals surface area contributed by atoms with E-state index in [0.717, 1.165) is 19.3 Å². The van der Waals surface area contributed by atoms with Crippen LogP contribution in [0.25, 0.3) is 0 Å². The van der Waals surface area contributed by atoms with E-state index in [1.165, 1.54) is 11.1 Å². The van der Waals surface area contributed by atoms with Crippen LogP contribution in [0.1, 0.15) is 17.5 Å². The summed E-state index contributed by atoms with van der Waals surface area (Å²) >= 11 is 0. The molecule has 88 valence electrons. The molecule has 3 heteroatoms. The lowest BCUT2D eigenvalue weighted by Crippen LogP contribution is -2.23. The Labute approximate surface area is 102 Å². The third-order valence-corrected chi connectivity index (χ3v) is 2.77. The van der Waals surface area contributed by atoms with Gasteiger partial charge in [-0.15, -0.1) is 0 Å². The lowest BCUT2D eigenvalue weighted by Gasteiger charge is -2.11. The highest BCUT2D eigenvalue weighted by atomic mass is 14.6. The highest BCUT2D eigenvalue weighted by Crippen LogP contribution is 2.07. The minimum absolute atomic E-state index is 0.187. The summed E-state index contributed by atoms with van der Waals surface area (Å²) in [6.45, 7) is 0. The molecule has 0 saturated carbocycles. The first-order chi connectivity index (χ1) is 8.34. The van der Waals surface area contributed by atoms with Gasteiger partial charge in [-0.3, -0.25) is 9.97 Å². The van der Waals surface area contributed by atoms with Gasteiger partial charge in [-0.1, -0.05) is 6.07 Å². The molecule has 0 amide bonds. The van der Waals surface area contributed by atoms with E-state index in [4.69, 9.17) is 5.73 Å². The monoisotopic (exact) mass is 227 g/mol. The second-order valence-corrected chi connectivity index (χ2v) is 4.22. The third kappa shape index (κ3) is 3.96. The molecule has 0 aromatic carbocycles. The first kappa shape index (κ1) is 11.7. The Morgan fingerprint density at radius 2 is 1.82 bits per heavy atom. The number of aryl methyl sites for hydroxylation is 1. The topological polar surface area (TPSA) is 51.8 Å². The maximum atomic E-state index is 6.11. The molecular formula is C14H17N3. The van der Waals surface area contributed by atoms with Crippen LogP contribution in [0.4, 0.5) is 0 Å². The predicted molar refractivity (Wildman–Crippen MR) is 68.5 cm³/mol. The number of nitrogens with zero attached hydrogens (tertiary/aromatic N) is 2. The minimum atomic E-state index is 0.187. The number of nitrogens with two attached hydrogens (primary N) is 1. The third-order valence-electron chi connectivity index (χ3n) is 2.77. The van der Waals surface area contributed by atoms with Crippen molar-refractivity contribution in [3.05, 3.63) is 60.2 Å². The fraction of sp³-hybridized carbons (Fsp3) is 0.286. The van der Waals surface area contributed by atoms with Gasteiger partial charge in [0.25, 0.3) is 0 Å². The van der Waals surface area contributed by atoms with E-state index in [-0.39, 0.29) is 6.04 Å². The first-order valence-corrected chi connectivity index (χ1v) is 5.88. The van der Waals surface area contributed by atoms with E-state index in [1.807, 2.05) is 36.8 Å². The Morgan fingerprint density at radius 1 is 1.00 bits per heavy atom. The average Bonchev–Trinajstić information content (AvgIpc) is 2.39. The summed E-state index contributed by atoms with van der Waals surface area (Å²) in [5, 5.41) is 0. The molecule has 2 heterocycles. The molecule has 0 fully saturated rings. The lowest BCUT2D eigenvalue weighted by molar-refractivity contribution is 0.609. The fourth-order valence-corrected chi connectivity index (χ4v) is 1.83. The van der Waals surface area contributed by atoms with E-state index in [0.29, 0.717) is 0 Å². The van der Waals surface area contributed by atoms with Crippen molar-refractivity contribution >= 4 is 0 Å². The predicted octanol–water partition coefficient (Wildman–Crippen LogP) is 1.98. The van der Waals surface area contributed by atoms with Gasteiger partial charge in [0.15, 0.2) is 0 Å². The molecule has 2 rings (SSSR count). The molecule has 3 nitrogen and oxygen atoms in total. The maximum Gasteiger partial charge on any atom is 0.0300 e. The molecule has 0 saturated heterocycles. The van der Waals surface area contributed by atoms with Crippen molar-refractivity contribution < 1.29 is 0 Å². The first-order valence-electron chi connectivity index (χ1n) is 5.88. The number of aromatic nitrogens is 2. The van der Waals surface area contributed by atoms with Crippen molar-refractivity contribution in [1.82, 2.24) is 9.97 Å². The number of rotatable bonds is 5. The van der Waals surface area contributed by atoms with Crippen LogP contribution in [-0.2, 0) is 12.8 Å². The van der Waals surface area contributed by atoms with Crippen LogP contribution in [0, 0.1) is 0 Å². The molecule has 2 aromatic rings. The average molecular weight is 227 g/mol. The zero-order chi connectivity index (χ0) is 11.9. The number of pyridine rings is 2. The van der Waals surface area contributed by atoms with Gasteiger partial charge in [0, 0.05) is 30.8 Å². The zero-order valence-corrected chi connectivity index (χ0v) is 9.79. The number of hydrogen-bond acceptors (Lipinski definition) is 3. The van der Waals surface area contributed by atoms with Gasteiger partial charge >= 0.3 is 0 Å². The molecular weight excluding hydrogens is 210 g/mol. The van der Waals surface area contributed by atoms with Gasteiger partial charge in [0.05, 0.1) is 0 Å². The summed E-state index contributed by atoms with van der Waals surface area (Å²) in [5.74, 6) is 0. The van der Waals surface area contributed by atoms with Crippen LogP contribution in [0.15, 0.2) is 49.1 Å². The Kier molecular flexibility index (Phi) is 4.22. The molecule has 0 spiro atoms. The largest absolute Gasteiger partial charge is 0.327 e. The van der Waals surface area contributed by atoms with Crippen LogP contribution in [-0.4, -0.2) is 16.0 Å². The van der Waals surface area contributed by atoms with Gasteiger partial charge in [-0.2, -0.15) is 0 Å². The second-order valence-electron chi connectivity index (χ2n) is 4.22. The van der Waals surface area contributed by atoms with Gasteiger partial charge in [0.1, 0.15) is 0 Å². The second kappa shape index (κ2) is 6.11. The van der Waals surface area contributed by atoms with Crippen LogP contribution < -0.4 is 5.73 Å². The molecule has 1 unspecified atom stereocenters. The van der Waals surface area contributed by atoms with E-state index < -0.39 is 0 Å². The minimum Gasteiger partial charge on any atom is -0.327 e. The highest BCUT2D eigenvalue weighted by molar-refractivity contribution is 5.12. The maximum absolute atomic E-state index is 6.11. The molecule has 0 aliphatic rings. The Morgan fingerprint density at radius 3 is 2.53 bits per heavy atom. The van der Waals surface area contributed by atoms with Crippen molar-refractivity contribution in [3.63, 3.8) is 0 Å². The zero-order valence-electron chi connectivity index (χ0n) is 9.79. The molecule has 0 bridgehead atoms. The van der Waals surface area contributed by atoms with Crippen LogP contribution in [0.5, 0.6) is 0 Å². The highest BCUT2D eigenvalue weighted by Gasteiger charge is 2.04. The Hall–Kier alpha value is -1.74. The van der Waals surface area contributed by atoms with Crippen molar-refractivity contribution in [2.75, 3.05) is 0 Å². The smallest absolute Gasteiger partial charge is 0.0300 e. The number of hydrogen-bond donors (Lipinski definition) is 1. The fourth-order valence-electron chi connectivity index (χ4n) is 1.83. The van der Waals surface area contributed by atoms with E-state index >= 15 is 0 Å². The molecule has 1 atom stereocenters. The molecule has 2 aromatic heterocycles. The summed E-state index contributed by atoms with van der Waals surface area (Å²) < 4.78 is 0. The van der Waals surface area contributed by atoms with Crippen molar-refractivity contribution in [3.8, 4) is 0 Å². The summed E-state index contributed by atoms with van der Waals surface area (Å²) in [6.07, 6.45) is 10.2. The Balaban J connectivity index is 1.80. The van der Waals surface area contributed by atoms with Crippen molar-refractivity contribution in [2.45, 2.75) is 25.3 Å².